The van der Waals surface area contributed by atoms with Gasteiger partial charge in [-0.05, 0) is 31.2 Å². The summed E-state index contributed by atoms with van der Waals surface area (Å²) >= 11 is 0. The molecule has 0 amide bonds. The minimum Gasteiger partial charge on any atom is -0.295 e. The summed E-state index contributed by atoms with van der Waals surface area (Å²) in [4.78, 5) is 13.2. The Morgan fingerprint density at radius 2 is 0.957 bits per heavy atom. The molecule has 0 aromatic heterocycles. The minimum absolute atomic E-state index is 0.121. The number of carbonyl (C=O) groups is 1. The molecule has 0 unspecified atom stereocenters. The Balaban J connectivity index is 0.000000185. The molecule has 0 aliphatic heterocycles. The first kappa shape index (κ1) is 17.4. The van der Waals surface area contributed by atoms with Gasteiger partial charge in [0.15, 0.2) is 5.78 Å². The summed E-state index contributed by atoms with van der Waals surface area (Å²) in [5.74, 6) is 0.121. The maximum Gasteiger partial charge on any atom is 0.159 e. The van der Waals surface area contributed by atoms with E-state index in [-0.39, 0.29) is 5.78 Å². The largest absolute Gasteiger partial charge is 0.295 e. The fourth-order valence-corrected chi connectivity index (χ4v) is 3.69. The van der Waals surface area contributed by atoms with Gasteiger partial charge < -0.3 is 0 Å². The molecule has 0 aliphatic carbocycles. The monoisotopic (exact) mass is 338 g/mol. The third-order valence-corrected chi connectivity index (χ3v) is 5.32. The van der Waals surface area contributed by atoms with Crippen LogP contribution in [0.3, 0.4) is 0 Å². The molecule has 0 N–H and O–H groups in total. The zero-order valence-corrected chi connectivity index (χ0v) is 14.5. The lowest BCUT2D eigenvalue weighted by Crippen LogP contribution is -1.88. The number of ketones is 1. The van der Waals surface area contributed by atoms with Crippen LogP contribution in [0.15, 0.2) is 101 Å². The quantitative estimate of drug-likeness (QED) is 0.406. The molecule has 3 aromatic carbocycles. The highest BCUT2D eigenvalue weighted by molar-refractivity contribution is 8.76. The van der Waals surface area contributed by atoms with Gasteiger partial charge >= 0.3 is 0 Å². The van der Waals surface area contributed by atoms with Gasteiger partial charge in [-0.25, -0.2) is 0 Å². The topological polar surface area (TPSA) is 17.1 Å². The van der Waals surface area contributed by atoms with E-state index in [0.29, 0.717) is 0 Å². The molecule has 0 radical (unpaired) electrons. The van der Waals surface area contributed by atoms with E-state index in [1.54, 1.807) is 28.5 Å². The van der Waals surface area contributed by atoms with Gasteiger partial charge in [-0.3, -0.25) is 4.79 Å². The molecule has 3 heteroatoms. The summed E-state index contributed by atoms with van der Waals surface area (Å²) in [6.07, 6.45) is 0. The summed E-state index contributed by atoms with van der Waals surface area (Å²) < 4.78 is 0. The van der Waals surface area contributed by atoms with Crippen LogP contribution in [0.25, 0.3) is 0 Å². The Bertz CT molecular complexity index is 658. The Morgan fingerprint density at radius 3 is 1.26 bits per heavy atom. The van der Waals surface area contributed by atoms with Crippen molar-refractivity contribution in [3.63, 3.8) is 0 Å². The van der Waals surface area contributed by atoms with Gasteiger partial charge in [-0.2, -0.15) is 0 Å². The van der Waals surface area contributed by atoms with Crippen molar-refractivity contribution in [3.05, 3.63) is 96.6 Å². The molecule has 0 fully saturated rings. The molecule has 3 rings (SSSR count). The lowest BCUT2D eigenvalue weighted by Gasteiger charge is -1.99. The number of hydrogen-bond donors (Lipinski definition) is 0. The molecular formula is C20H18OS2. The summed E-state index contributed by atoms with van der Waals surface area (Å²) in [5, 5.41) is 0. The van der Waals surface area contributed by atoms with Crippen molar-refractivity contribution in [2.75, 3.05) is 0 Å². The Labute approximate surface area is 145 Å². The highest BCUT2D eigenvalue weighted by atomic mass is 33.1. The number of hydrogen-bond acceptors (Lipinski definition) is 3. The van der Waals surface area contributed by atoms with Gasteiger partial charge in [0, 0.05) is 15.4 Å². The predicted octanol–water partition coefficient (Wildman–Crippen LogP) is 6.38. The summed E-state index contributed by atoms with van der Waals surface area (Å²) in [6, 6.07) is 30.1. The van der Waals surface area contributed by atoms with Crippen LogP contribution in [-0.2, 0) is 0 Å². The van der Waals surface area contributed by atoms with Crippen molar-refractivity contribution in [1.29, 1.82) is 0 Å². The van der Waals surface area contributed by atoms with Crippen LogP contribution >= 0.6 is 21.6 Å². The molecule has 0 spiro atoms. The van der Waals surface area contributed by atoms with Gasteiger partial charge in [0.2, 0.25) is 0 Å². The van der Waals surface area contributed by atoms with Crippen LogP contribution in [0, 0.1) is 0 Å². The van der Waals surface area contributed by atoms with Crippen molar-refractivity contribution in [2.24, 2.45) is 0 Å². The van der Waals surface area contributed by atoms with Gasteiger partial charge in [0.05, 0.1) is 0 Å². The maximum absolute atomic E-state index is 10.6. The average molecular weight is 338 g/mol. The molecule has 0 heterocycles. The van der Waals surface area contributed by atoms with Crippen LogP contribution < -0.4 is 0 Å². The zero-order valence-electron chi connectivity index (χ0n) is 12.9. The van der Waals surface area contributed by atoms with E-state index in [9.17, 15) is 4.79 Å². The molecule has 0 bridgehead atoms. The third-order valence-electron chi connectivity index (χ3n) is 2.90. The standard InChI is InChI=1S/C12H10S2.C8H8O/c1-3-7-11(8-4-1)13-14-12-9-5-2-6-10-12;1-7(9)8-5-3-2-4-6-8/h1-10H;2-6H,1H3. The van der Waals surface area contributed by atoms with E-state index in [1.165, 1.54) is 9.79 Å². The molecule has 0 aliphatic rings. The number of carbonyl (C=O) groups excluding carboxylic acids is 1. The first-order chi connectivity index (χ1) is 11.3. The maximum atomic E-state index is 10.6. The molecule has 116 valence electrons. The summed E-state index contributed by atoms with van der Waals surface area (Å²) in [6.45, 7) is 1.56. The molecule has 0 saturated carbocycles. The Morgan fingerprint density at radius 1 is 0.609 bits per heavy atom. The number of benzene rings is 3. The molecule has 0 atom stereocenters. The smallest absolute Gasteiger partial charge is 0.159 e. The fraction of sp³-hybridized carbons (Fsp3) is 0.0500. The lowest BCUT2D eigenvalue weighted by molar-refractivity contribution is 0.101. The van der Waals surface area contributed by atoms with Crippen LogP contribution in [0.4, 0.5) is 0 Å². The van der Waals surface area contributed by atoms with Crippen LogP contribution in [0.2, 0.25) is 0 Å². The molecule has 0 saturated heterocycles. The first-order valence-corrected chi connectivity index (χ1v) is 9.41. The number of Topliss-reactive ketones (excluding diaryl/α,β-unsaturated/α-hetero) is 1. The predicted molar refractivity (Wildman–Crippen MR) is 101 cm³/mol. The summed E-state index contributed by atoms with van der Waals surface area (Å²) in [7, 11) is 3.58. The average Bonchev–Trinajstić information content (AvgIpc) is 2.63. The van der Waals surface area contributed by atoms with E-state index in [2.05, 4.69) is 48.5 Å². The second kappa shape index (κ2) is 9.93. The second-order valence-corrected chi connectivity index (χ2v) is 6.99. The van der Waals surface area contributed by atoms with E-state index >= 15 is 0 Å². The van der Waals surface area contributed by atoms with Gasteiger partial charge in [0.1, 0.15) is 0 Å². The van der Waals surface area contributed by atoms with E-state index in [0.717, 1.165) is 5.56 Å². The van der Waals surface area contributed by atoms with Crippen LogP contribution in [0.5, 0.6) is 0 Å². The number of rotatable bonds is 4. The van der Waals surface area contributed by atoms with Crippen molar-refractivity contribution < 1.29 is 4.79 Å². The highest BCUT2D eigenvalue weighted by Gasteiger charge is 1.95. The lowest BCUT2D eigenvalue weighted by atomic mass is 10.2. The van der Waals surface area contributed by atoms with Crippen LogP contribution in [0.1, 0.15) is 17.3 Å². The Kier molecular flexibility index (Phi) is 7.50. The van der Waals surface area contributed by atoms with Gasteiger partial charge in [-0.15, -0.1) is 0 Å². The third kappa shape index (κ3) is 6.76. The fourth-order valence-electron chi connectivity index (χ4n) is 1.72. The van der Waals surface area contributed by atoms with Crippen LogP contribution in [-0.4, -0.2) is 5.78 Å². The highest BCUT2D eigenvalue weighted by Crippen LogP contribution is 2.36. The molecule has 1 nitrogen and oxygen atoms in total. The molecule has 3 aromatic rings. The Hall–Kier alpha value is -1.97. The summed E-state index contributed by atoms with van der Waals surface area (Å²) in [5.41, 5.74) is 0.775. The normalized spacial score (nSPS) is 9.61. The van der Waals surface area contributed by atoms with Crippen molar-refractivity contribution >= 4 is 27.4 Å². The van der Waals surface area contributed by atoms with Crippen molar-refractivity contribution in [3.8, 4) is 0 Å². The van der Waals surface area contributed by atoms with Gasteiger partial charge in [-0.1, -0.05) is 88.3 Å². The van der Waals surface area contributed by atoms with Gasteiger partial charge in [0.25, 0.3) is 0 Å². The first-order valence-electron chi connectivity index (χ1n) is 7.26. The van der Waals surface area contributed by atoms with Crippen molar-refractivity contribution in [2.45, 2.75) is 16.7 Å². The van der Waals surface area contributed by atoms with E-state index in [4.69, 9.17) is 0 Å². The second-order valence-electron chi connectivity index (χ2n) is 4.71. The molecular weight excluding hydrogens is 320 g/mol. The SMILES string of the molecule is CC(=O)c1ccccc1.c1ccc(SSc2ccccc2)cc1. The van der Waals surface area contributed by atoms with E-state index < -0.39 is 0 Å². The minimum atomic E-state index is 0.121. The van der Waals surface area contributed by atoms with E-state index in [1.807, 2.05) is 42.5 Å². The van der Waals surface area contributed by atoms with Crippen molar-refractivity contribution in [1.82, 2.24) is 0 Å². The zero-order chi connectivity index (χ0) is 16.3. The molecule has 23 heavy (non-hydrogen) atoms.